The van der Waals surface area contributed by atoms with Crippen LogP contribution < -0.4 is 5.73 Å². The Kier molecular flexibility index (Phi) is 3.01. The Hall–Kier alpha value is -2.20. The topological polar surface area (TPSA) is 67.6 Å². The molecule has 4 nitrogen and oxygen atoms in total. The van der Waals surface area contributed by atoms with Gasteiger partial charge in [0.05, 0.1) is 17.6 Å². The van der Waals surface area contributed by atoms with E-state index in [0.717, 1.165) is 28.9 Å². The van der Waals surface area contributed by atoms with Crippen LogP contribution in [0.25, 0.3) is 22.2 Å². The average molecular weight is 252 g/mol. The van der Waals surface area contributed by atoms with Gasteiger partial charge in [-0.1, -0.05) is 18.2 Å². The second-order valence-electron chi connectivity index (χ2n) is 4.63. The van der Waals surface area contributed by atoms with Crippen molar-refractivity contribution in [3.05, 3.63) is 48.0 Å². The van der Waals surface area contributed by atoms with Gasteiger partial charge in [-0.15, -0.1) is 0 Å². The number of nitrogens with one attached hydrogen (secondary N) is 1. The summed E-state index contributed by atoms with van der Waals surface area (Å²) in [6.45, 7) is 2.68. The average Bonchev–Trinajstić information content (AvgIpc) is 2.85. The second kappa shape index (κ2) is 4.82. The standard InChI is InChI=1S/C15H16N4/c1-10-3-2-4-12-13(8-18-15(10)12)14-9-17-7-11(19-14)5-6-16/h2-4,7-9,18H,5-6,16H2,1H3. The van der Waals surface area contributed by atoms with Crippen molar-refractivity contribution < 1.29 is 0 Å². The third kappa shape index (κ3) is 2.11. The molecule has 4 heteroatoms. The van der Waals surface area contributed by atoms with Gasteiger partial charge >= 0.3 is 0 Å². The number of para-hydroxylation sites is 1. The lowest BCUT2D eigenvalue weighted by molar-refractivity contribution is 0.911. The maximum absolute atomic E-state index is 5.57. The predicted octanol–water partition coefficient (Wildman–Crippen LogP) is 2.43. The summed E-state index contributed by atoms with van der Waals surface area (Å²) in [5.74, 6) is 0. The minimum atomic E-state index is 0.588. The number of nitrogens with zero attached hydrogens (tertiary/aromatic N) is 2. The first-order valence-electron chi connectivity index (χ1n) is 6.37. The predicted molar refractivity (Wildman–Crippen MR) is 76.8 cm³/mol. The highest BCUT2D eigenvalue weighted by Crippen LogP contribution is 2.28. The molecule has 0 amide bonds. The van der Waals surface area contributed by atoms with Crippen LogP contribution in [0.3, 0.4) is 0 Å². The number of nitrogens with two attached hydrogens (primary N) is 1. The van der Waals surface area contributed by atoms with Crippen molar-refractivity contribution in [2.75, 3.05) is 6.54 Å². The third-order valence-corrected chi connectivity index (χ3v) is 3.28. The largest absolute Gasteiger partial charge is 0.360 e. The Bertz CT molecular complexity index is 715. The van der Waals surface area contributed by atoms with Crippen molar-refractivity contribution >= 4 is 10.9 Å². The molecule has 19 heavy (non-hydrogen) atoms. The molecular formula is C15H16N4. The summed E-state index contributed by atoms with van der Waals surface area (Å²) in [6, 6.07) is 6.26. The molecule has 3 aromatic rings. The van der Waals surface area contributed by atoms with E-state index in [1.54, 1.807) is 12.4 Å². The zero-order valence-electron chi connectivity index (χ0n) is 10.9. The molecule has 3 N–H and O–H groups in total. The Morgan fingerprint density at radius 2 is 2.16 bits per heavy atom. The molecular weight excluding hydrogens is 236 g/mol. The van der Waals surface area contributed by atoms with Gasteiger partial charge < -0.3 is 10.7 Å². The minimum Gasteiger partial charge on any atom is -0.360 e. The first-order chi connectivity index (χ1) is 9.29. The fraction of sp³-hybridized carbons (Fsp3) is 0.200. The lowest BCUT2D eigenvalue weighted by Gasteiger charge is -2.02. The number of H-pyrrole nitrogens is 1. The van der Waals surface area contributed by atoms with Crippen LogP contribution in [0.2, 0.25) is 0 Å². The van der Waals surface area contributed by atoms with Gasteiger partial charge in [-0.2, -0.15) is 0 Å². The quantitative estimate of drug-likeness (QED) is 0.752. The molecule has 0 bridgehead atoms. The first-order valence-corrected chi connectivity index (χ1v) is 6.37. The van der Waals surface area contributed by atoms with Crippen LogP contribution in [0.4, 0.5) is 0 Å². The van der Waals surface area contributed by atoms with Gasteiger partial charge in [0.1, 0.15) is 0 Å². The van der Waals surface area contributed by atoms with Crippen LogP contribution in [0.5, 0.6) is 0 Å². The highest BCUT2D eigenvalue weighted by molar-refractivity contribution is 5.96. The number of hydrogen-bond acceptors (Lipinski definition) is 3. The van der Waals surface area contributed by atoms with E-state index >= 15 is 0 Å². The summed E-state index contributed by atoms with van der Waals surface area (Å²) in [5, 5.41) is 1.18. The number of hydrogen-bond donors (Lipinski definition) is 2. The van der Waals surface area contributed by atoms with E-state index in [9.17, 15) is 0 Å². The fourth-order valence-corrected chi connectivity index (χ4v) is 2.32. The summed E-state index contributed by atoms with van der Waals surface area (Å²) < 4.78 is 0. The summed E-state index contributed by atoms with van der Waals surface area (Å²) in [4.78, 5) is 12.2. The summed E-state index contributed by atoms with van der Waals surface area (Å²) in [6.07, 6.45) is 6.32. The second-order valence-corrected chi connectivity index (χ2v) is 4.63. The van der Waals surface area contributed by atoms with E-state index in [4.69, 9.17) is 5.73 Å². The summed E-state index contributed by atoms with van der Waals surface area (Å²) >= 11 is 0. The van der Waals surface area contributed by atoms with Crippen LogP contribution in [-0.2, 0) is 6.42 Å². The fourth-order valence-electron chi connectivity index (χ4n) is 2.32. The molecule has 0 saturated carbocycles. The molecule has 2 aromatic heterocycles. The highest BCUT2D eigenvalue weighted by Gasteiger charge is 2.09. The first kappa shape index (κ1) is 11.9. The van der Waals surface area contributed by atoms with Gasteiger partial charge in [0.15, 0.2) is 0 Å². The highest BCUT2D eigenvalue weighted by atomic mass is 14.8. The lowest BCUT2D eigenvalue weighted by Crippen LogP contribution is -2.05. The molecule has 0 aliphatic carbocycles. The Morgan fingerprint density at radius 3 is 3.00 bits per heavy atom. The number of aromatic nitrogens is 3. The lowest BCUT2D eigenvalue weighted by atomic mass is 10.1. The van der Waals surface area contributed by atoms with Crippen molar-refractivity contribution in [3.8, 4) is 11.3 Å². The van der Waals surface area contributed by atoms with E-state index in [-0.39, 0.29) is 0 Å². The zero-order chi connectivity index (χ0) is 13.2. The normalized spacial score (nSPS) is 11.1. The third-order valence-electron chi connectivity index (χ3n) is 3.28. The number of benzene rings is 1. The van der Waals surface area contributed by atoms with Gasteiger partial charge in [0.25, 0.3) is 0 Å². The molecule has 0 aliphatic rings. The Morgan fingerprint density at radius 1 is 1.26 bits per heavy atom. The Balaban J connectivity index is 2.14. The molecule has 96 valence electrons. The van der Waals surface area contributed by atoms with Crippen molar-refractivity contribution in [1.82, 2.24) is 15.0 Å². The van der Waals surface area contributed by atoms with Gasteiger partial charge in [0, 0.05) is 35.3 Å². The van der Waals surface area contributed by atoms with Crippen molar-refractivity contribution in [2.45, 2.75) is 13.3 Å². The van der Waals surface area contributed by atoms with Crippen molar-refractivity contribution in [2.24, 2.45) is 5.73 Å². The molecule has 0 fully saturated rings. The van der Waals surface area contributed by atoms with Crippen molar-refractivity contribution in [1.29, 1.82) is 0 Å². The van der Waals surface area contributed by atoms with E-state index in [2.05, 4.69) is 40.1 Å². The maximum atomic E-state index is 5.57. The molecule has 0 unspecified atom stereocenters. The van der Waals surface area contributed by atoms with Gasteiger partial charge in [-0.25, -0.2) is 4.98 Å². The minimum absolute atomic E-state index is 0.588. The summed E-state index contributed by atoms with van der Waals surface area (Å²) in [5.41, 5.74) is 10.9. The van der Waals surface area contributed by atoms with Crippen LogP contribution in [0.15, 0.2) is 36.8 Å². The Labute approximate surface area is 111 Å². The van der Waals surface area contributed by atoms with Gasteiger partial charge in [-0.3, -0.25) is 4.98 Å². The van der Waals surface area contributed by atoms with E-state index < -0.39 is 0 Å². The molecule has 0 atom stereocenters. The smallest absolute Gasteiger partial charge is 0.0909 e. The monoisotopic (exact) mass is 252 g/mol. The van der Waals surface area contributed by atoms with Crippen molar-refractivity contribution in [3.63, 3.8) is 0 Å². The van der Waals surface area contributed by atoms with Crippen LogP contribution in [0, 0.1) is 6.92 Å². The van der Waals surface area contributed by atoms with Crippen LogP contribution in [0.1, 0.15) is 11.3 Å². The molecule has 2 heterocycles. The van der Waals surface area contributed by atoms with Gasteiger partial charge in [0.2, 0.25) is 0 Å². The molecule has 0 spiro atoms. The SMILES string of the molecule is Cc1cccc2c(-c3cncc(CCN)n3)c[nH]c12. The van der Waals surface area contributed by atoms with E-state index in [1.807, 2.05) is 6.20 Å². The van der Waals surface area contributed by atoms with E-state index in [0.29, 0.717) is 6.54 Å². The molecule has 1 aromatic carbocycles. The van der Waals surface area contributed by atoms with E-state index in [1.165, 1.54) is 10.9 Å². The maximum Gasteiger partial charge on any atom is 0.0909 e. The molecule has 0 radical (unpaired) electrons. The van der Waals surface area contributed by atoms with Crippen LogP contribution in [-0.4, -0.2) is 21.5 Å². The number of rotatable bonds is 3. The molecule has 0 aliphatic heterocycles. The summed E-state index contributed by atoms with van der Waals surface area (Å²) in [7, 11) is 0. The molecule has 3 rings (SSSR count). The molecule has 0 saturated heterocycles. The zero-order valence-corrected chi connectivity index (χ0v) is 10.9. The number of aromatic amines is 1. The number of fused-ring (bicyclic) bond motifs is 1. The van der Waals surface area contributed by atoms with Crippen LogP contribution >= 0.6 is 0 Å². The van der Waals surface area contributed by atoms with Gasteiger partial charge in [-0.05, 0) is 19.0 Å². The number of aryl methyl sites for hydroxylation is 1.